The molecule has 1 atom stereocenters. The number of carbonyl (C=O) groups is 1. The Morgan fingerprint density at radius 1 is 1.67 bits per heavy atom. The third-order valence-electron chi connectivity index (χ3n) is 2.30. The fourth-order valence-corrected chi connectivity index (χ4v) is 1.27. The highest BCUT2D eigenvalue weighted by Crippen LogP contribution is 2.21. The molecule has 1 aromatic rings. The van der Waals surface area contributed by atoms with Crippen LogP contribution in [0.25, 0.3) is 0 Å². The zero-order valence-electron chi connectivity index (χ0n) is 9.51. The lowest BCUT2D eigenvalue weighted by atomic mass is 10.1. The van der Waals surface area contributed by atoms with Gasteiger partial charge in [-0.25, -0.2) is 4.39 Å². The molecule has 0 aliphatic heterocycles. The number of nitro benzene ring substituents is 1. The largest absolute Gasteiger partial charge is 0.322 e. The van der Waals surface area contributed by atoms with E-state index in [9.17, 15) is 19.3 Å². The van der Waals surface area contributed by atoms with Gasteiger partial charge in [0.15, 0.2) is 5.82 Å². The molecule has 0 bridgehead atoms. The van der Waals surface area contributed by atoms with Crippen LogP contribution in [-0.2, 0) is 4.79 Å². The molecule has 94 valence electrons. The summed E-state index contributed by atoms with van der Waals surface area (Å²) in [5.41, 5.74) is -0.586. The number of nitrogens with one attached hydrogen (secondary N) is 1. The summed E-state index contributed by atoms with van der Waals surface area (Å²) >= 11 is 0. The summed E-state index contributed by atoms with van der Waals surface area (Å²) in [6.45, 7) is 1.65. The van der Waals surface area contributed by atoms with Crippen molar-refractivity contribution >= 4 is 17.3 Å². The fourth-order valence-electron chi connectivity index (χ4n) is 1.27. The Kier molecular flexibility index (Phi) is 4.32. The molecule has 0 aliphatic carbocycles. The number of hydrogen-bond donors (Lipinski definition) is 1. The molecule has 1 rings (SSSR count). The van der Waals surface area contributed by atoms with Crippen LogP contribution in [0.5, 0.6) is 0 Å². The van der Waals surface area contributed by atoms with Gasteiger partial charge in [0, 0.05) is 6.07 Å². The first-order chi connectivity index (χ1) is 8.49. The number of halogens is 1. The van der Waals surface area contributed by atoms with Crippen molar-refractivity contribution in [1.82, 2.24) is 0 Å². The van der Waals surface area contributed by atoms with Gasteiger partial charge in [-0.05, 0) is 12.5 Å². The zero-order chi connectivity index (χ0) is 13.7. The van der Waals surface area contributed by atoms with Crippen LogP contribution in [0.3, 0.4) is 0 Å². The van der Waals surface area contributed by atoms with Crippen LogP contribution in [-0.4, -0.2) is 10.8 Å². The van der Waals surface area contributed by atoms with E-state index in [0.29, 0.717) is 12.5 Å². The molecule has 0 fully saturated rings. The number of carbonyl (C=O) groups excluding carboxylic acids is 1. The van der Waals surface area contributed by atoms with Crippen LogP contribution in [0.1, 0.15) is 13.3 Å². The summed E-state index contributed by atoms with van der Waals surface area (Å²) in [5.74, 6) is -2.42. The van der Waals surface area contributed by atoms with Crippen molar-refractivity contribution in [3.63, 3.8) is 0 Å². The fraction of sp³-hybridized carbons (Fsp3) is 0.273. The van der Waals surface area contributed by atoms with Gasteiger partial charge in [0.1, 0.15) is 5.92 Å². The molecule has 1 N–H and O–H groups in total. The van der Waals surface area contributed by atoms with Crippen LogP contribution in [0, 0.1) is 33.2 Å². The maximum atomic E-state index is 13.4. The molecule has 1 amide bonds. The summed E-state index contributed by atoms with van der Waals surface area (Å²) in [6, 6.07) is 4.66. The van der Waals surface area contributed by atoms with Crippen molar-refractivity contribution in [2.45, 2.75) is 13.3 Å². The third-order valence-corrected chi connectivity index (χ3v) is 2.30. The van der Waals surface area contributed by atoms with Crippen molar-refractivity contribution in [2.24, 2.45) is 5.92 Å². The van der Waals surface area contributed by atoms with Gasteiger partial charge in [-0.2, -0.15) is 5.26 Å². The molecule has 7 heteroatoms. The molecule has 0 spiro atoms. The number of nitro groups is 1. The summed E-state index contributed by atoms with van der Waals surface area (Å²) < 4.78 is 13.4. The van der Waals surface area contributed by atoms with Crippen LogP contribution < -0.4 is 5.32 Å². The van der Waals surface area contributed by atoms with Gasteiger partial charge >= 0.3 is 0 Å². The summed E-state index contributed by atoms with van der Waals surface area (Å²) in [7, 11) is 0. The second-order valence-electron chi connectivity index (χ2n) is 3.50. The first kappa shape index (κ1) is 13.6. The minimum absolute atomic E-state index is 0.181. The number of rotatable bonds is 4. The normalized spacial score (nSPS) is 11.4. The Hall–Kier alpha value is -2.49. The lowest BCUT2D eigenvalue weighted by Gasteiger charge is -2.08. The lowest BCUT2D eigenvalue weighted by Crippen LogP contribution is -2.21. The smallest absolute Gasteiger partial charge is 0.272 e. The Morgan fingerprint density at radius 3 is 2.78 bits per heavy atom. The lowest BCUT2D eigenvalue weighted by molar-refractivity contribution is -0.385. The number of non-ortho nitro benzene ring substituents is 1. The van der Waals surface area contributed by atoms with E-state index in [4.69, 9.17) is 5.26 Å². The van der Waals surface area contributed by atoms with E-state index in [-0.39, 0.29) is 5.69 Å². The molecule has 0 saturated carbocycles. The monoisotopic (exact) mass is 251 g/mol. The topological polar surface area (TPSA) is 96.0 Å². The van der Waals surface area contributed by atoms with Crippen LogP contribution >= 0.6 is 0 Å². The molecule has 0 radical (unpaired) electrons. The van der Waals surface area contributed by atoms with Crippen LogP contribution in [0.2, 0.25) is 0 Å². The highest BCUT2D eigenvalue weighted by atomic mass is 19.1. The van der Waals surface area contributed by atoms with Crippen LogP contribution in [0.15, 0.2) is 18.2 Å². The van der Waals surface area contributed by atoms with E-state index in [2.05, 4.69) is 5.32 Å². The Balaban J connectivity index is 2.90. The average molecular weight is 251 g/mol. The van der Waals surface area contributed by atoms with E-state index >= 15 is 0 Å². The van der Waals surface area contributed by atoms with Crippen molar-refractivity contribution in [1.29, 1.82) is 5.26 Å². The highest BCUT2D eigenvalue weighted by molar-refractivity contribution is 5.94. The second kappa shape index (κ2) is 5.72. The molecule has 0 heterocycles. The number of nitrogens with zero attached hydrogens (tertiary/aromatic N) is 2. The quantitative estimate of drug-likeness (QED) is 0.655. The van der Waals surface area contributed by atoms with Gasteiger partial charge in [-0.15, -0.1) is 0 Å². The molecule has 1 unspecified atom stereocenters. The minimum Gasteiger partial charge on any atom is -0.322 e. The van der Waals surface area contributed by atoms with Gasteiger partial charge in [0.25, 0.3) is 5.69 Å². The van der Waals surface area contributed by atoms with Crippen molar-refractivity contribution in [3.8, 4) is 6.07 Å². The zero-order valence-corrected chi connectivity index (χ0v) is 9.51. The number of benzene rings is 1. The summed E-state index contributed by atoms with van der Waals surface area (Å²) in [5, 5.41) is 21.3. The summed E-state index contributed by atoms with van der Waals surface area (Å²) in [6.07, 6.45) is 0.303. The van der Waals surface area contributed by atoms with Crippen molar-refractivity contribution in [2.75, 3.05) is 5.32 Å². The van der Waals surface area contributed by atoms with E-state index in [1.807, 2.05) is 0 Å². The standard InChI is InChI=1S/C11H10FN3O3/c1-2-7(6-13)11(16)14-10-4-3-8(15(17)18)5-9(10)12/h3-5,7H,2H2,1H3,(H,14,16). The van der Waals surface area contributed by atoms with E-state index in [0.717, 1.165) is 12.1 Å². The predicted octanol–water partition coefficient (Wildman–Crippen LogP) is 2.22. The Morgan fingerprint density at radius 2 is 2.33 bits per heavy atom. The van der Waals surface area contributed by atoms with E-state index in [1.165, 1.54) is 0 Å². The first-order valence-electron chi connectivity index (χ1n) is 5.14. The SMILES string of the molecule is CCC(C#N)C(=O)Nc1ccc([N+](=O)[O-])cc1F. The minimum atomic E-state index is -0.912. The van der Waals surface area contributed by atoms with Crippen molar-refractivity contribution in [3.05, 3.63) is 34.1 Å². The van der Waals surface area contributed by atoms with Crippen molar-refractivity contribution < 1.29 is 14.1 Å². The third kappa shape index (κ3) is 3.01. The molecular formula is C11H10FN3O3. The number of nitriles is 1. The first-order valence-corrected chi connectivity index (χ1v) is 5.14. The molecule has 1 aromatic carbocycles. The second-order valence-corrected chi connectivity index (χ2v) is 3.50. The van der Waals surface area contributed by atoms with Gasteiger partial charge in [-0.1, -0.05) is 6.92 Å². The molecule has 0 aliphatic rings. The molecular weight excluding hydrogens is 241 g/mol. The molecule has 6 nitrogen and oxygen atoms in total. The summed E-state index contributed by atoms with van der Waals surface area (Å²) in [4.78, 5) is 21.2. The van der Waals surface area contributed by atoms with Gasteiger partial charge in [0.2, 0.25) is 5.91 Å². The maximum Gasteiger partial charge on any atom is 0.272 e. The Labute approximate surface area is 102 Å². The predicted molar refractivity (Wildman–Crippen MR) is 61.1 cm³/mol. The molecule has 0 saturated heterocycles. The molecule has 18 heavy (non-hydrogen) atoms. The average Bonchev–Trinajstić information content (AvgIpc) is 2.33. The highest BCUT2D eigenvalue weighted by Gasteiger charge is 2.18. The number of hydrogen-bond acceptors (Lipinski definition) is 4. The molecule has 0 aromatic heterocycles. The van der Waals surface area contributed by atoms with E-state index in [1.54, 1.807) is 13.0 Å². The Bertz CT molecular complexity index is 525. The van der Waals surface area contributed by atoms with Gasteiger partial charge in [-0.3, -0.25) is 14.9 Å². The maximum absolute atomic E-state index is 13.4. The van der Waals surface area contributed by atoms with E-state index < -0.39 is 28.3 Å². The van der Waals surface area contributed by atoms with Gasteiger partial charge < -0.3 is 5.32 Å². The van der Waals surface area contributed by atoms with Crippen LogP contribution in [0.4, 0.5) is 15.8 Å². The van der Waals surface area contributed by atoms with Gasteiger partial charge in [0.05, 0.1) is 22.7 Å². The number of amides is 1. The number of anilines is 1.